The Morgan fingerprint density at radius 3 is 2.96 bits per heavy atom. The highest BCUT2D eigenvalue weighted by atomic mass is 19.3. The van der Waals surface area contributed by atoms with Gasteiger partial charge in [-0.2, -0.15) is 0 Å². The van der Waals surface area contributed by atoms with Crippen LogP contribution in [0.1, 0.15) is 19.1 Å². The Morgan fingerprint density at radius 2 is 2.15 bits per heavy atom. The third-order valence-electron chi connectivity index (χ3n) is 4.90. The topological polar surface area (TPSA) is 46.9 Å². The van der Waals surface area contributed by atoms with Crippen molar-refractivity contribution in [1.82, 2.24) is 10.2 Å². The lowest BCUT2D eigenvalue weighted by atomic mass is 10.00. The molecule has 2 aliphatic heterocycles. The second-order valence-corrected chi connectivity index (χ2v) is 6.87. The van der Waals surface area contributed by atoms with Crippen molar-refractivity contribution in [2.45, 2.75) is 38.5 Å². The summed E-state index contributed by atoms with van der Waals surface area (Å²) in [5.74, 6) is -1.33. The molecular weight excluding hydrogens is 342 g/mol. The van der Waals surface area contributed by atoms with Crippen LogP contribution in [0.3, 0.4) is 0 Å². The highest BCUT2D eigenvalue weighted by molar-refractivity contribution is 5.79. The van der Waals surface area contributed by atoms with Gasteiger partial charge in [0.2, 0.25) is 6.23 Å². The largest absolute Gasteiger partial charge is 0.488 e. The number of aryl methyl sites for hydroxylation is 1. The zero-order valence-corrected chi connectivity index (χ0v) is 14.8. The number of piperidine rings is 1. The first kappa shape index (κ1) is 17.1. The molecule has 7 heteroatoms. The molecule has 2 aromatic rings. The minimum atomic E-state index is -2.81. The number of nitrogens with one attached hydrogen (secondary N) is 1. The van der Waals surface area contributed by atoms with Gasteiger partial charge in [-0.05, 0) is 51.1 Å². The monoisotopic (exact) mass is 364 g/mol. The third-order valence-corrected chi connectivity index (χ3v) is 4.90. The minimum Gasteiger partial charge on any atom is -0.488 e. The lowest BCUT2D eigenvalue weighted by Crippen LogP contribution is -2.59. The van der Waals surface area contributed by atoms with Gasteiger partial charge < -0.3 is 24.1 Å². The molecule has 0 radical (unpaired) electrons. The van der Waals surface area contributed by atoms with Crippen molar-refractivity contribution in [1.29, 1.82) is 0 Å². The molecule has 5 nitrogen and oxygen atoms in total. The Balaban J connectivity index is 1.47. The lowest BCUT2D eigenvalue weighted by Gasteiger charge is -2.41. The van der Waals surface area contributed by atoms with E-state index < -0.39 is 18.2 Å². The van der Waals surface area contributed by atoms with Crippen molar-refractivity contribution in [3.8, 4) is 5.75 Å². The molecule has 0 saturated carbocycles. The second-order valence-electron chi connectivity index (χ2n) is 6.87. The number of ether oxygens (including phenoxy) is 2. The summed E-state index contributed by atoms with van der Waals surface area (Å²) in [6.45, 7) is 4.09. The fourth-order valence-corrected chi connectivity index (χ4v) is 3.67. The molecule has 0 amide bonds. The fourth-order valence-electron chi connectivity index (χ4n) is 3.67. The van der Waals surface area contributed by atoms with Crippen molar-refractivity contribution in [3.63, 3.8) is 0 Å². The van der Waals surface area contributed by atoms with Crippen LogP contribution >= 0.6 is 0 Å². The summed E-state index contributed by atoms with van der Waals surface area (Å²) in [7, 11) is 0. The Hall–Kier alpha value is -2.28. The van der Waals surface area contributed by atoms with E-state index in [1.807, 2.05) is 31.2 Å². The van der Waals surface area contributed by atoms with Crippen LogP contribution in [0.5, 0.6) is 5.75 Å². The molecule has 26 heavy (non-hydrogen) atoms. The predicted molar refractivity (Wildman–Crippen MR) is 93.1 cm³/mol. The lowest BCUT2D eigenvalue weighted by molar-refractivity contribution is -0.122. The molecule has 140 valence electrons. The number of alkyl halides is 2. The number of halogens is 2. The summed E-state index contributed by atoms with van der Waals surface area (Å²) in [5.41, 5.74) is 1.49. The van der Waals surface area contributed by atoms with Gasteiger partial charge in [-0.3, -0.25) is 0 Å². The normalized spacial score (nSPS) is 25.2. The number of allylic oxidation sites excluding steroid dienone is 1. The number of hydrogen-bond donors (Lipinski definition) is 1. The summed E-state index contributed by atoms with van der Waals surface area (Å²) in [4.78, 5) is 1.65. The summed E-state index contributed by atoms with van der Waals surface area (Å²) in [5, 5.41) is 3.71. The molecule has 2 aliphatic rings. The van der Waals surface area contributed by atoms with Crippen molar-refractivity contribution in [3.05, 3.63) is 42.0 Å². The molecule has 3 heterocycles. The molecule has 0 bridgehead atoms. The highest BCUT2D eigenvalue weighted by Gasteiger charge is 2.48. The summed E-state index contributed by atoms with van der Waals surface area (Å²) in [6.07, 6.45) is 1.33. The van der Waals surface area contributed by atoms with Gasteiger partial charge in [0.1, 0.15) is 30.0 Å². The van der Waals surface area contributed by atoms with Gasteiger partial charge in [0, 0.05) is 11.1 Å². The summed E-state index contributed by atoms with van der Waals surface area (Å²) >= 11 is 0. The van der Waals surface area contributed by atoms with Crippen LogP contribution in [0, 0.1) is 6.92 Å². The van der Waals surface area contributed by atoms with Crippen molar-refractivity contribution in [2.24, 2.45) is 0 Å². The molecule has 0 aliphatic carbocycles. The van der Waals surface area contributed by atoms with Crippen LogP contribution in [-0.2, 0) is 4.74 Å². The number of furan rings is 1. The average molecular weight is 364 g/mol. The smallest absolute Gasteiger partial charge is 0.280 e. The Morgan fingerprint density at radius 1 is 1.31 bits per heavy atom. The first-order chi connectivity index (χ1) is 12.4. The van der Waals surface area contributed by atoms with Gasteiger partial charge in [0.05, 0.1) is 12.6 Å². The van der Waals surface area contributed by atoms with E-state index in [1.165, 1.54) is 6.26 Å². The maximum Gasteiger partial charge on any atom is 0.280 e. The standard InChI is InChI=1S/C19H22F2N2O3/c1-12-9-25-18(23(12)17-5-6-22-11-19(17,20)21)10-24-15-3-4-16-14(8-15)7-13(2)26-16/h3-4,7-9,17-18,22H,5-6,10-11H2,1-2H3. The van der Waals surface area contributed by atoms with E-state index in [9.17, 15) is 8.78 Å². The number of fused-ring (bicyclic) bond motifs is 1. The first-order valence-electron chi connectivity index (χ1n) is 8.76. The van der Waals surface area contributed by atoms with Gasteiger partial charge in [-0.25, -0.2) is 8.78 Å². The quantitative estimate of drug-likeness (QED) is 0.898. The second kappa shape index (κ2) is 6.46. The molecule has 1 aromatic heterocycles. The zero-order valence-electron chi connectivity index (χ0n) is 14.8. The molecule has 0 spiro atoms. The molecule has 1 N–H and O–H groups in total. The average Bonchev–Trinajstić information content (AvgIpc) is 3.14. The van der Waals surface area contributed by atoms with Gasteiger partial charge in [-0.15, -0.1) is 0 Å². The molecular formula is C19H22F2N2O3. The summed E-state index contributed by atoms with van der Waals surface area (Å²) < 4.78 is 45.7. The number of benzene rings is 1. The van der Waals surface area contributed by atoms with Gasteiger partial charge in [0.25, 0.3) is 5.92 Å². The molecule has 1 saturated heterocycles. The Labute approximate surface area is 150 Å². The maximum absolute atomic E-state index is 14.4. The fraction of sp³-hybridized carbons (Fsp3) is 0.474. The number of nitrogens with zero attached hydrogens (tertiary/aromatic N) is 1. The zero-order chi connectivity index (χ0) is 18.3. The number of hydrogen-bond acceptors (Lipinski definition) is 5. The Kier molecular flexibility index (Phi) is 4.26. The van der Waals surface area contributed by atoms with Crippen LogP contribution in [0.2, 0.25) is 0 Å². The van der Waals surface area contributed by atoms with Crippen molar-refractivity contribution >= 4 is 11.0 Å². The van der Waals surface area contributed by atoms with Crippen LogP contribution < -0.4 is 10.1 Å². The van der Waals surface area contributed by atoms with E-state index in [4.69, 9.17) is 13.9 Å². The van der Waals surface area contributed by atoms with E-state index in [2.05, 4.69) is 5.32 Å². The van der Waals surface area contributed by atoms with Crippen LogP contribution in [0.4, 0.5) is 8.78 Å². The SMILES string of the molecule is CC1=COC(COc2ccc3oc(C)cc3c2)N1C1CCNCC1(F)F. The van der Waals surface area contributed by atoms with Gasteiger partial charge in [-0.1, -0.05) is 0 Å². The first-order valence-corrected chi connectivity index (χ1v) is 8.76. The van der Waals surface area contributed by atoms with E-state index in [1.54, 1.807) is 11.8 Å². The molecule has 1 fully saturated rings. The van der Waals surface area contributed by atoms with E-state index in [0.717, 1.165) is 16.7 Å². The minimum absolute atomic E-state index is 0.163. The van der Waals surface area contributed by atoms with E-state index in [-0.39, 0.29) is 13.2 Å². The van der Waals surface area contributed by atoms with E-state index >= 15 is 0 Å². The van der Waals surface area contributed by atoms with Crippen LogP contribution in [0.15, 0.2) is 40.6 Å². The van der Waals surface area contributed by atoms with Gasteiger partial charge in [0.15, 0.2) is 0 Å². The van der Waals surface area contributed by atoms with E-state index in [0.29, 0.717) is 24.4 Å². The highest BCUT2D eigenvalue weighted by Crippen LogP contribution is 2.35. The third kappa shape index (κ3) is 3.11. The maximum atomic E-state index is 14.4. The van der Waals surface area contributed by atoms with Crippen LogP contribution in [0.25, 0.3) is 11.0 Å². The van der Waals surface area contributed by atoms with Gasteiger partial charge >= 0.3 is 0 Å². The molecule has 2 unspecified atom stereocenters. The predicted octanol–water partition coefficient (Wildman–Crippen LogP) is 3.64. The summed E-state index contributed by atoms with van der Waals surface area (Å²) in [6, 6.07) is 6.57. The Bertz CT molecular complexity index is 833. The van der Waals surface area contributed by atoms with Crippen LogP contribution in [-0.4, -0.2) is 42.8 Å². The molecule has 4 rings (SSSR count). The van der Waals surface area contributed by atoms with Crippen molar-refractivity contribution < 1.29 is 22.7 Å². The molecule has 1 aromatic carbocycles. The molecule has 2 atom stereocenters. The van der Waals surface area contributed by atoms with Crippen molar-refractivity contribution in [2.75, 3.05) is 19.7 Å². The number of rotatable bonds is 4.